The number of aromatic nitrogens is 2. The van der Waals surface area contributed by atoms with Gasteiger partial charge in [-0.2, -0.15) is 0 Å². The lowest BCUT2D eigenvalue weighted by Crippen LogP contribution is -2.26. The molecular formula is C9H13BrN2O3S. The molecule has 90 valence electrons. The number of thioether (sulfide) groups is 1. The van der Waals surface area contributed by atoms with E-state index in [0.717, 1.165) is 0 Å². The molecule has 5 nitrogen and oxygen atoms in total. The van der Waals surface area contributed by atoms with Crippen LogP contribution in [0.15, 0.2) is 16.1 Å². The van der Waals surface area contributed by atoms with Gasteiger partial charge in [-0.25, -0.2) is 4.98 Å². The van der Waals surface area contributed by atoms with E-state index in [4.69, 9.17) is 0 Å². The second kappa shape index (κ2) is 6.39. The Hall–Kier alpha value is -0.370. The second-order valence-electron chi connectivity index (χ2n) is 3.17. The monoisotopic (exact) mass is 308 g/mol. The van der Waals surface area contributed by atoms with E-state index in [9.17, 15) is 15.0 Å². The van der Waals surface area contributed by atoms with E-state index in [1.807, 2.05) is 0 Å². The lowest BCUT2D eigenvalue weighted by Gasteiger charge is -2.15. The van der Waals surface area contributed by atoms with Gasteiger partial charge in [0.25, 0.3) is 5.56 Å². The van der Waals surface area contributed by atoms with E-state index in [1.165, 1.54) is 18.0 Å². The maximum Gasteiger partial charge on any atom is 0.257 e. The van der Waals surface area contributed by atoms with Crippen LogP contribution < -0.4 is 5.56 Å². The highest BCUT2D eigenvalue weighted by molar-refractivity contribution is 9.09. The molecule has 2 unspecified atom stereocenters. The van der Waals surface area contributed by atoms with Crippen molar-refractivity contribution in [2.75, 3.05) is 11.6 Å². The Balaban J connectivity index is 2.91. The first-order chi connectivity index (χ1) is 7.60. The summed E-state index contributed by atoms with van der Waals surface area (Å²) in [7, 11) is 0. The van der Waals surface area contributed by atoms with Crippen molar-refractivity contribution in [2.24, 2.45) is 0 Å². The highest BCUT2D eigenvalue weighted by Crippen LogP contribution is 2.16. The fraction of sp³-hybridized carbons (Fsp3) is 0.556. The Labute approximate surface area is 105 Å². The average molecular weight is 309 g/mol. The SMILES string of the molecule is CSc1ncc(C(O)C(O)CCBr)c(=O)[nH]1. The van der Waals surface area contributed by atoms with E-state index in [-0.39, 0.29) is 5.56 Å². The van der Waals surface area contributed by atoms with Crippen LogP contribution in [-0.4, -0.2) is 37.9 Å². The van der Waals surface area contributed by atoms with Crippen molar-refractivity contribution in [3.05, 3.63) is 22.1 Å². The predicted molar refractivity (Wildman–Crippen MR) is 66.0 cm³/mol. The third-order valence-electron chi connectivity index (χ3n) is 2.08. The third kappa shape index (κ3) is 3.31. The van der Waals surface area contributed by atoms with Crippen molar-refractivity contribution in [1.29, 1.82) is 0 Å². The maximum atomic E-state index is 11.6. The van der Waals surface area contributed by atoms with Crippen molar-refractivity contribution in [1.82, 2.24) is 9.97 Å². The van der Waals surface area contributed by atoms with Gasteiger partial charge < -0.3 is 15.2 Å². The van der Waals surface area contributed by atoms with Gasteiger partial charge in [0.1, 0.15) is 6.10 Å². The van der Waals surface area contributed by atoms with Crippen molar-refractivity contribution in [3.8, 4) is 0 Å². The van der Waals surface area contributed by atoms with E-state index in [1.54, 1.807) is 6.26 Å². The number of hydrogen-bond acceptors (Lipinski definition) is 5. The summed E-state index contributed by atoms with van der Waals surface area (Å²) in [6.07, 6.45) is 1.28. The van der Waals surface area contributed by atoms with Gasteiger partial charge in [-0.1, -0.05) is 27.7 Å². The topological polar surface area (TPSA) is 86.2 Å². The summed E-state index contributed by atoms with van der Waals surface area (Å²) in [5.41, 5.74) is -0.327. The standard InChI is InChI=1S/C9H13BrN2O3S/c1-16-9-11-4-5(8(15)12-9)7(14)6(13)2-3-10/h4,6-7,13-14H,2-3H2,1H3,(H,11,12,15). The van der Waals surface area contributed by atoms with Crippen LogP contribution in [0.3, 0.4) is 0 Å². The number of H-pyrrole nitrogens is 1. The molecule has 0 aliphatic heterocycles. The molecule has 2 atom stereocenters. The van der Waals surface area contributed by atoms with Crippen LogP contribution in [0.1, 0.15) is 18.1 Å². The van der Waals surface area contributed by atoms with Crippen LogP contribution in [0.4, 0.5) is 0 Å². The molecule has 0 aromatic carbocycles. The van der Waals surface area contributed by atoms with Gasteiger partial charge >= 0.3 is 0 Å². The lowest BCUT2D eigenvalue weighted by molar-refractivity contribution is 0.0162. The predicted octanol–water partition coefficient (Wildman–Crippen LogP) is 0.671. The zero-order chi connectivity index (χ0) is 12.1. The zero-order valence-corrected chi connectivity index (χ0v) is 11.1. The minimum Gasteiger partial charge on any atom is -0.390 e. The Bertz CT molecular complexity index is 399. The summed E-state index contributed by atoms with van der Waals surface area (Å²) >= 11 is 4.46. The van der Waals surface area contributed by atoms with Crippen LogP contribution in [0, 0.1) is 0 Å². The van der Waals surface area contributed by atoms with Crippen LogP contribution in [0.2, 0.25) is 0 Å². The molecular weight excluding hydrogens is 296 g/mol. The fourth-order valence-corrected chi connectivity index (χ4v) is 2.00. The molecule has 1 rings (SSSR count). The summed E-state index contributed by atoms with van der Waals surface area (Å²) in [6.45, 7) is 0. The first-order valence-electron chi connectivity index (χ1n) is 4.65. The molecule has 0 aliphatic rings. The van der Waals surface area contributed by atoms with Crippen LogP contribution in [0.25, 0.3) is 0 Å². The van der Waals surface area contributed by atoms with E-state index >= 15 is 0 Å². The van der Waals surface area contributed by atoms with Gasteiger partial charge in [0.05, 0.1) is 11.7 Å². The smallest absolute Gasteiger partial charge is 0.257 e. The first kappa shape index (κ1) is 13.7. The average Bonchev–Trinajstić information content (AvgIpc) is 2.28. The zero-order valence-electron chi connectivity index (χ0n) is 8.68. The molecule has 0 saturated heterocycles. The molecule has 0 bridgehead atoms. The molecule has 0 fully saturated rings. The fourth-order valence-electron chi connectivity index (χ4n) is 1.18. The number of hydrogen-bond donors (Lipinski definition) is 3. The molecule has 16 heavy (non-hydrogen) atoms. The third-order valence-corrected chi connectivity index (χ3v) is 3.14. The first-order valence-corrected chi connectivity index (χ1v) is 7.00. The molecule has 0 saturated carbocycles. The van der Waals surface area contributed by atoms with Gasteiger partial charge in [-0.3, -0.25) is 4.79 Å². The van der Waals surface area contributed by atoms with Gasteiger partial charge in [0, 0.05) is 11.5 Å². The number of aromatic amines is 1. The Morgan fingerprint density at radius 1 is 1.62 bits per heavy atom. The van der Waals surface area contributed by atoms with Crippen molar-refractivity contribution in [3.63, 3.8) is 0 Å². The van der Waals surface area contributed by atoms with Gasteiger partial charge in [-0.15, -0.1) is 0 Å². The van der Waals surface area contributed by atoms with E-state index in [2.05, 4.69) is 25.9 Å². The Kier molecular flexibility index (Phi) is 5.47. The van der Waals surface area contributed by atoms with Crippen molar-refractivity contribution < 1.29 is 10.2 Å². The number of aliphatic hydroxyl groups is 2. The van der Waals surface area contributed by atoms with Gasteiger partial charge in [-0.05, 0) is 12.7 Å². The van der Waals surface area contributed by atoms with Crippen LogP contribution in [0.5, 0.6) is 0 Å². The van der Waals surface area contributed by atoms with Gasteiger partial charge in [0.15, 0.2) is 5.16 Å². The Morgan fingerprint density at radius 2 is 2.31 bits per heavy atom. The number of halogens is 1. The second-order valence-corrected chi connectivity index (χ2v) is 4.75. The maximum absolute atomic E-state index is 11.6. The number of nitrogens with one attached hydrogen (secondary N) is 1. The summed E-state index contributed by atoms with van der Waals surface area (Å²) in [5.74, 6) is 0. The summed E-state index contributed by atoms with van der Waals surface area (Å²) < 4.78 is 0. The minimum atomic E-state index is -1.20. The summed E-state index contributed by atoms with van der Waals surface area (Å²) in [4.78, 5) is 18.0. The molecule has 0 aliphatic carbocycles. The normalized spacial score (nSPS) is 14.8. The highest BCUT2D eigenvalue weighted by Gasteiger charge is 2.21. The molecule has 3 N–H and O–H groups in total. The number of rotatable bonds is 5. The van der Waals surface area contributed by atoms with E-state index in [0.29, 0.717) is 16.9 Å². The van der Waals surface area contributed by atoms with Crippen LogP contribution >= 0.6 is 27.7 Å². The highest BCUT2D eigenvalue weighted by atomic mass is 79.9. The van der Waals surface area contributed by atoms with Crippen molar-refractivity contribution >= 4 is 27.7 Å². The molecule has 0 spiro atoms. The molecule has 1 heterocycles. The van der Waals surface area contributed by atoms with E-state index < -0.39 is 17.8 Å². The molecule has 1 aromatic heterocycles. The van der Waals surface area contributed by atoms with Crippen LogP contribution in [-0.2, 0) is 0 Å². The number of alkyl halides is 1. The van der Waals surface area contributed by atoms with Gasteiger partial charge in [0.2, 0.25) is 0 Å². The molecule has 0 amide bonds. The molecule has 0 radical (unpaired) electrons. The number of nitrogens with zero attached hydrogens (tertiary/aromatic N) is 1. The minimum absolute atomic E-state index is 0.0891. The molecule has 7 heteroatoms. The van der Waals surface area contributed by atoms with Crippen molar-refractivity contribution in [2.45, 2.75) is 23.8 Å². The lowest BCUT2D eigenvalue weighted by atomic mass is 10.1. The number of aliphatic hydroxyl groups excluding tert-OH is 2. The summed E-state index contributed by atoms with van der Waals surface area (Å²) in [5, 5.41) is 20.3. The largest absolute Gasteiger partial charge is 0.390 e. The molecule has 1 aromatic rings. The Morgan fingerprint density at radius 3 is 2.81 bits per heavy atom. The quantitative estimate of drug-likeness (QED) is 0.423. The summed E-state index contributed by atoms with van der Waals surface area (Å²) in [6, 6.07) is 0.